The number of methoxy groups -OCH3 is 1. The number of nitrogens with zero attached hydrogens (tertiary/aromatic N) is 2. The van der Waals surface area contributed by atoms with Crippen LogP contribution in [0.2, 0.25) is 0 Å². The SMILES string of the molecule is COc1ccc(-c2nn(-c3cc(C)ccc3C)c3c2CCCCN3)cc1. The van der Waals surface area contributed by atoms with Gasteiger partial charge in [-0.3, -0.25) is 0 Å². The molecule has 134 valence electrons. The van der Waals surface area contributed by atoms with Gasteiger partial charge in [0.25, 0.3) is 0 Å². The summed E-state index contributed by atoms with van der Waals surface area (Å²) in [7, 11) is 1.69. The zero-order chi connectivity index (χ0) is 18.1. The minimum Gasteiger partial charge on any atom is -0.497 e. The van der Waals surface area contributed by atoms with Gasteiger partial charge in [0, 0.05) is 17.7 Å². The van der Waals surface area contributed by atoms with Gasteiger partial charge in [-0.2, -0.15) is 5.10 Å². The molecule has 3 aromatic rings. The molecule has 0 atom stereocenters. The second-order valence-corrected chi connectivity index (χ2v) is 6.99. The summed E-state index contributed by atoms with van der Waals surface area (Å²) in [4.78, 5) is 0. The van der Waals surface area contributed by atoms with Crippen LogP contribution in [0.1, 0.15) is 29.5 Å². The molecule has 0 saturated heterocycles. The van der Waals surface area contributed by atoms with Crippen LogP contribution >= 0.6 is 0 Å². The summed E-state index contributed by atoms with van der Waals surface area (Å²) in [5.41, 5.74) is 7.14. The number of fused-ring (bicyclic) bond motifs is 1. The van der Waals surface area contributed by atoms with Gasteiger partial charge in [-0.25, -0.2) is 4.68 Å². The molecule has 2 heterocycles. The van der Waals surface area contributed by atoms with Gasteiger partial charge in [0.15, 0.2) is 0 Å². The fraction of sp³-hybridized carbons (Fsp3) is 0.318. The van der Waals surface area contributed by atoms with Crippen LogP contribution in [0.3, 0.4) is 0 Å². The average molecular weight is 347 g/mol. The topological polar surface area (TPSA) is 39.1 Å². The van der Waals surface area contributed by atoms with Crippen LogP contribution in [0, 0.1) is 13.8 Å². The Balaban J connectivity index is 1.90. The molecule has 1 aromatic heterocycles. The van der Waals surface area contributed by atoms with Crippen molar-refractivity contribution in [1.82, 2.24) is 9.78 Å². The van der Waals surface area contributed by atoms with E-state index in [9.17, 15) is 0 Å². The van der Waals surface area contributed by atoms with E-state index in [2.05, 4.69) is 54.2 Å². The Hall–Kier alpha value is -2.75. The third-order valence-electron chi connectivity index (χ3n) is 5.09. The standard InChI is InChI=1S/C22H25N3O/c1-15-7-8-16(2)20(14-15)25-22-19(6-4-5-13-23-22)21(24-25)17-9-11-18(26-3)12-10-17/h7-12,14,23H,4-6,13H2,1-3H3. The van der Waals surface area contributed by atoms with Crippen molar-refractivity contribution in [3.8, 4) is 22.7 Å². The molecule has 26 heavy (non-hydrogen) atoms. The molecule has 0 saturated carbocycles. The molecule has 1 N–H and O–H groups in total. The number of hydrogen-bond acceptors (Lipinski definition) is 3. The molecular formula is C22H25N3O. The first-order chi connectivity index (χ1) is 12.7. The molecule has 0 bridgehead atoms. The number of rotatable bonds is 3. The first-order valence-electron chi connectivity index (χ1n) is 9.25. The minimum atomic E-state index is 0.868. The molecule has 0 radical (unpaired) electrons. The van der Waals surface area contributed by atoms with E-state index in [1.807, 2.05) is 12.1 Å². The Morgan fingerprint density at radius 2 is 1.85 bits per heavy atom. The van der Waals surface area contributed by atoms with Crippen LogP contribution in [-0.4, -0.2) is 23.4 Å². The predicted octanol–water partition coefficient (Wildman–Crippen LogP) is 4.91. The van der Waals surface area contributed by atoms with Gasteiger partial charge in [-0.1, -0.05) is 12.1 Å². The van der Waals surface area contributed by atoms with E-state index >= 15 is 0 Å². The molecule has 0 amide bonds. The summed E-state index contributed by atoms with van der Waals surface area (Å²) in [6.07, 6.45) is 3.42. The highest BCUT2D eigenvalue weighted by Gasteiger charge is 2.22. The van der Waals surface area contributed by atoms with E-state index < -0.39 is 0 Å². The third-order valence-corrected chi connectivity index (χ3v) is 5.09. The Labute approximate surface area is 154 Å². The fourth-order valence-electron chi connectivity index (χ4n) is 3.61. The third kappa shape index (κ3) is 2.96. The number of hydrogen-bond donors (Lipinski definition) is 1. The second kappa shape index (κ2) is 6.87. The monoisotopic (exact) mass is 347 g/mol. The number of ether oxygens (including phenoxy) is 1. The maximum atomic E-state index is 5.30. The molecule has 1 aliphatic heterocycles. The van der Waals surface area contributed by atoms with Crippen LogP contribution in [-0.2, 0) is 6.42 Å². The van der Waals surface area contributed by atoms with E-state index in [1.165, 1.54) is 29.5 Å². The van der Waals surface area contributed by atoms with Crippen molar-refractivity contribution in [1.29, 1.82) is 0 Å². The van der Waals surface area contributed by atoms with Gasteiger partial charge in [-0.05, 0) is 74.6 Å². The van der Waals surface area contributed by atoms with Crippen molar-refractivity contribution in [2.45, 2.75) is 33.1 Å². The summed E-state index contributed by atoms with van der Waals surface area (Å²) in [6.45, 7) is 5.27. The number of aryl methyl sites for hydroxylation is 2. The quantitative estimate of drug-likeness (QED) is 0.731. The predicted molar refractivity (Wildman–Crippen MR) is 106 cm³/mol. The van der Waals surface area contributed by atoms with Crippen LogP contribution in [0.15, 0.2) is 42.5 Å². The molecule has 1 aliphatic rings. The lowest BCUT2D eigenvalue weighted by molar-refractivity contribution is 0.415. The lowest BCUT2D eigenvalue weighted by atomic mass is 10.0. The lowest BCUT2D eigenvalue weighted by Gasteiger charge is -2.12. The average Bonchev–Trinajstić information content (AvgIpc) is 2.85. The van der Waals surface area contributed by atoms with E-state index in [0.29, 0.717) is 0 Å². The highest BCUT2D eigenvalue weighted by atomic mass is 16.5. The summed E-state index contributed by atoms with van der Waals surface area (Å²) in [5.74, 6) is 2.01. The molecular weight excluding hydrogens is 322 g/mol. The van der Waals surface area contributed by atoms with Crippen LogP contribution < -0.4 is 10.1 Å². The van der Waals surface area contributed by atoms with Crippen molar-refractivity contribution in [2.24, 2.45) is 0 Å². The Kier molecular flexibility index (Phi) is 4.41. The molecule has 2 aromatic carbocycles. The molecule has 4 rings (SSSR count). The maximum absolute atomic E-state index is 5.30. The van der Waals surface area contributed by atoms with Gasteiger partial charge in [0.1, 0.15) is 11.6 Å². The second-order valence-electron chi connectivity index (χ2n) is 6.99. The molecule has 4 heteroatoms. The van der Waals surface area contributed by atoms with Gasteiger partial charge in [0.2, 0.25) is 0 Å². The zero-order valence-electron chi connectivity index (χ0n) is 15.7. The number of nitrogens with one attached hydrogen (secondary N) is 1. The number of benzene rings is 2. The van der Waals surface area contributed by atoms with E-state index in [1.54, 1.807) is 7.11 Å². The van der Waals surface area contributed by atoms with Crippen molar-refractivity contribution < 1.29 is 4.74 Å². The first kappa shape index (κ1) is 16.7. The summed E-state index contributed by atoms with van der Waals surface area (Å²) in [6, 6.07) is 14.7. The van der Waals surface area contributed by atoms with Gasteiger partial charge in [0.05, 0.1) is 18.5 Å². The lowest BCUT2D eigenvalue weighted by Crippen LogP contribution is -2.08. The molecule has 0 aliphatic carbocycles. The van der Waals surface area contributed by atoms with Crippen molar-refractivity contribution in [3.05, 3.63) is 59.2 Å². The zero-order valence-corrected chi connectivity index (χ0v) is 15.7. The largest absolute Gasteiger partial charge is 0.497 e. The molecule has 0 unspecified atom stereocenters. The number of aromatic nitrogens is 2. The van der Waals surface area contributed by atoms with Crippen LogP contribution in [0.25, 0.3) is 16.9 Å². The Morgan fingerprint density at radius 1 is 1.04 bits per heavy atom. The highest BCUT2D eigenvalue weighted by molar-refractivity contribution is 5.72. The fourth-order valence-corrected chi connectivity index (χ4v) is 3.61. The number of anilines is 1. The van der Waals surface area contributed by atoms with E-state index in [-0.39, 0.29) is 0 Å². The van der Waals surface area contributed by atoms with Crippen molar-refractivity contribution in [3.63, 3.8) is 0 Å². The van der Waals surface area contributed by atoms with Gasteiger partial charge in [-0.15, -0.1) is 0 Å². The minimum absolute atomic E-state index is 0.868. The Bertz CT molecular complexity index is 925. The molecule has 4 nitrogen and oxygen atoms in total. The van der Waals surface area contributed by atoms with Crippen molar-refractivity contribution >= 4 is 5.82 Å². The van der Waals surface area contributed by atoms with Gasteiger partial charge < -0.3 is 10.1 Å². The van der Waals surface area contributed by atoms with E-state index in [0.717, 1.165) is 41.5 Å². The summed E-state index contributed by atoms with van der Waals surface area (Å²) >= 11 is 0. The summed E-state index contributed by atoms with van der Waals surface area (Å²) < 4.78 is 7.40. The normalized spacial score (nSPS) is 13.7. The summed E-state index contributed by atoms with van der Waals surface area (Å²) in [5, 5.41) is 8.67. The first-order valence-corrected chi connectivity index (χ1v) is 9.25. The molecule has 0 spiro atoms. The highest BCUT2D eigenvalue weighted by Crippen LogP contribution is 2.35. The smallest absolute Gasteiger partial charge is 0.133 e. The van der Waals surface area contributed by atoms with Crippen LogP contribution in [0.5, 0.6) is 5.75 Å². The van der Waals surface area contributed by atoms with Crippen LogP contribution in [0.4, 0.5) is 5.82 Å². The molecule has 0 fully saturated rings. The van der Waals surface area contributed by atoms with E-state index in [4.69, 9.17) is 9.84 Å². The van der Waals surface area contributed by atoms with Crippen molar-refractivity contribution in [2.75, 3.05) is 19.0 Å². The Morgan fingerprint density at radius 3 is 2.62 bits per heavy atom. The van der Waals surface area contributed by atoms with Gasteiger partial charge >= 0.3 is 0 Å². The maximum Gasteiger partial charge on any atom is 0.133 e.